The molecule has 2 unspecified atom stereocenters. The Labute approximate surface area is 124 Å². The molecule has 19 heavy (non-hydrogen) atoms. The molecule has 0 rings (SSSR count). The van der Waals surface area contributed by atoms with Gasteiger partial charge in [-0.1, -0.05) is 6.92 Å². The summed E-state index contributed by atoms with van der Waals surface area (Å²) in [6.45, 7) is 13.6. The molecule has 6 heteroatoms. The van der Waals surface area contributed by atoms with Gasteiger partial charge in [-0.05, 0) is 45.8 Å². The van der Waals surface area contributed by atoms with Gasteiger partial charge in [0, 0.05) is 32.8 Å². The minimum atomic E-state index is -2.60. The molecule has 0 fully saturated rings. The van der Waals surface area contributed by atoms with E-state index in [1.807, 2.05) is 27.7 Å². The second kappa shape index (κ2) is 9.82. The van der Waals surface area contributed by atoms with Crippen LogP contribution in [0.25, 0.3) is 0 Å². The maximum atomic E-state index is 5.84. The van der Waals surface area contributed by atoms with Crippen molar-refractivity contribution in [3.63, 3.8) is 0 Å². The zero-order valence-electron chi connectivity index (χ0n) is 13.0. The highest BCUT2D eigenvalue weighted by atomic mass is 32.1. The molecular weight excluding hydrogens is 280 g/mol. The van der Waals surface area contributed by atoms with E-state index in [1.54, 1.807) is 6.92 Å². The molecule has 0 radical (unpaired) electrons. The van der Waals surface area contributed by atoms with Crippen LogP contribution in [0.5, 0.6) is 0 Å². The van der Waals surface area contributed by atoms with Crippen LogP contribution < -0.4 is 0 Å². The van der Waals surface area contributed by atoms with E-state index in [2.05, 4.69) is 6.92 Å². The van der Waals surface area contributed by atoms with Crippen LogP contribution in [0.2, 0.25) is 6.04 Å². The molecule has 4 nitrogen and oxygen atoms in total. The first-order valence-corrected chi connectivity index (χ1v) is 9.33. The van der Waals surface area contributed by atoms with Crippen molar-refractivity contribution >= 4 is 26.1 Å². The SMILES string of the molecule is CCO[Si](CC(C)C(C)OC(C)=S)(OCC)OCC. The Morgan fingerprint density at radius 2 is 1.42 bits per heavy atom. The molecule has 0 N–H and O–H groups in total. The van der Waals surface area contributed by atoms with Gasteiger partial charge in [-0.15, -0.1) is 0 Å². The molecule has 0 heterocycles. The molecule has 0 amide bonds. The molecule has 0 aliphatic carbocycles. The van der Waals surface area contributed by atoms with E-state index in [-0.39, 0.29) is 12.0 Å². The van der Waals surface area contributed by atoms with Gasteiger partial charge < -0.3 is 18.0 Å². The molecule has 0 saturated carbocycles. The molecule has 0 bridgehead atoms. The first-order valence-electron chi connectivity index (χ1n) is 6.99. The van der Waals surface area contributed by atoms with Crippen molar-refractivity contribution < 1.29 is 18.0 Å². The van der Waals surface area contributed by atoms with Crippen LogP contribution >= 0.6 is 12.2 Å². The highest BCUT2D eigenvalue weighted by molar-refractivity contribution is 7.80. The summed E-state index contributed by atoms with van der Waals surface area (Å²) < 4.78 is 23.1. The lowest BCUT2D eigenvalue weighted by atomic mass is 10.1. The normalized spacial score (nSPS) is 15.1. The first kappa shape index (κ1) is 19.0. The minimum absolute atomic E-state index is 0.0331. The molecular formula is C13H28O4SSi. The lowest BCUT2D eigenvalue weighted by Gasteiger charge is -2.32. The van der Waals surface area contributed by atoms with Crippen molar-refractivity contribution in [1.29, 1.82) is 0 Å². The molecule has 0 aromatic carbocycles. The van der Waals surface area contributed by atoms with Gasteiger partial charge in [0.15, 0.2) is 5.05 Å². The van der Waals surface area contributed by atoms with Crippen LogP contribution in [0, 0.1) is 5.92 Å². The van der Waals surface area contributed by atoms with Crippen LogP contribution in [0.15, 0.2) is 0 Å². The maximum Gasteiger partial charge on any atom is 0.501 e. The van der Waals surface area contributed by atoms with Crippen LogP contribution in [-0.2, 0) is 18.0 Å². The van der Waals surface area contributed by atoms with Crippen molar-refractivity contribution in [3.05, 3.63) is 0 Å². The average Bonchev–Trinajstić information content (AvgIpc) is 2.28. The van der Waals surface area contributed by atoms with Crippen LogP contribution in [0.1, 0.15) is 41.5 Å². The van der Waals surface area contributed by atoms with Crippen LogP contribution in [0.4, 0.5) is 0 Å². The van der Waals surface area contributed by atoms with Gasteiger partial charge in [0.05, 0.1) is 6.10 Å². The van der Waals surface area contributed by atoms with Crippen molar-refractivity contribution in [2.24, 2.45) is 5.92 Å². The second-order valence-electron chi connectivity index (χ2n) is 4.48. The smallest absolute Gasteiger partial charge is 0.484 e. The summed E-state index contributed by atoms with van der Waals surface area (Å²) in [5.74, 6) is 0.259. The Balaban J connectivity index is 4.71. The molecule has 0 aliphatic heterocycles. The second-order valence-corrected chi connectivity index (χ2v) is 7.69. The van der Waals surface area contributed by atoms with Crippen molar-refractivity contribution in [3.8, 4) is 0 Å². The summed E-state index contributed by atoms with van der Waals surface area (Å²) in [5, 5.41) is 0.566. The summed E-state index contributed by atoms with van der Waals surface area (Å²) in [6.07, 6.45) is 0.0331. The monoisotopic (exact) mass is 308 g/mol. The third-order valence-electron chi connectivity index (χ3n) is 2.82. The summed E-state index contributed by atoms with van der Waals surface area (Å²) in [4.78, 5) is 0. The number of hydrogen-bond acceptors (Lipinski definition) is 5. The van der Waals surface area contributed by atoms with Crippen LogP contribution in [-0.4, -0.2) is 39.8 Å². The summed E-state index contributed by atoms with van der Waals surface area (Å²) in [6, 6.07) is 0.742. The van der Waals surface area contributed by atoms with E-state index in [9.17, 15) is 0 Å². The Kier molecular flexibility index (Phi) is 9.82. The largest absolute Gasteiger partial charge is 0.501 e. The van der Waals surface area contributed by atoms with Gasteiger partial charge in [0.25, 0.3) is 0 Å². The molecule has 0 spiro atoms. The van der Waals surface area contributed by atoms with Gasteiger partial charge in [0.1, 0.15) is 0 Å². The third kappa shape index (κ3) is 7.36. The van der Waals surface area contributed by atoms with E-state index in [1.165, 1.54) is 0 Å². The Bertz CT molecular complexity index is 246. The molecule has 0 saturated heterocycles. The fraction of sp³-hybridized carbons (Fsp3) is 0.923. The third-order valence-corrected chi connectivity index (χ3v) is 6.24. The maximum absolute atomic E-state index is 5.84. The van der Waals surface area contributed by atoms with Gasteiger partial charge in [-0.25, -0.2) is 0 Å². The topological polar surface area (TPSA) is 36.9 Å². The molecule has 2 atom stereocenters. The lowest BCUT2D eigenvalue weighted by molar-refractivity contribution is 0.0586. The standard InChI is InChI=1S/C13H28O4SSi/c1-7-14-19(15-8-2,16-9-3)10-11(4)12(5)17-13(6)18/h11-12H,7-10H2,1-6H3. The quantitative estimate of drug-likeness (QED) is 0.456. The predicted molar refractivity (Wildman–Crippen MR) is 83.4 cm³/mol. The summed E-state index contributed by atoms with van der Waals surface area (Å²) in [5.41, 5.74) is 0. The Morgan fingerprint density at radius 1 is 1.00 bits per heavy atom. The van der Waals surface area contributed by atoms with Gasteiger partial charge in [-0.3, -0.25) is 0 Å². The van der Waals surface area contributed by atoms with E-state index in [0.29, 0.717) is 24.9 Å². The van der Waals surface area contributed by atoms with Gasteiger partial charge in [0.2, 0.25) is 0 Å². The minimum Gasteiger partial charge on any atom is -0.484 e. The molecule has 0 aliphatic rings. The zero-order valence-corrected chi connectivity index (χ0v) is 14.8. The fourth-order valence-electron chi connectivity index (χ4n) is 1.90. The summed E-state index contributed by atoms with van der Waals surface area (Å²) in [7, 11) is -2.60. The average molecular weight is 309 g/mol. The lowest BCUT2D eigenvalue weighted by Crippen LogP contribution is -2.48. The number of rotatable bonds is 10. The highest BCUT2D eigenvalue weighted by Gasteiger charge is 2.43. The Hall–Kier alpha value is -0.0131. The summed E-state index contributed by atoms with van der Waals surface area (Å²) >= 11 is 4.98. The van der Waals surface area contributed by atoms with Crippen molar-refractivity contribution in [2.75, 3.05) is 19.8 Å². The Morgan fingerprint density at radius 3 is 1.74 bits per heavy atom. The van der Waals surface area contributed by atoms with E-state index in [4.69, 9.17) is 30.2 Å². The molecule has 114 valence electrons. The molecule has 0 aromatic heterocycles. The van der Waals surface area contributed by atoms with E-state index < -0.39 is 8.80 Å². The van der Waals surface area contributed by atoms with Gasteiger partial charge in [-0.2, -0.15) is 0 Å². The fourth-order valence-corrected chi connectivity index (χ4v) is 5.10. The zero-order chi connectivity index (χ0) is 14.9. The predicted octanol–water partition coefficient (Wildman–Crippen LogP) is 3.42. The molecule has 0 aromatic rings. The highest BCUT2D eigenvalue weighted by Crippen LogP contribution is 2.25. The van der Waals surface area contributed by atoms with E-state index in [0.717, 1.165) is 6.04 Å². The van der Waals surface area contributed by atoms with E-state index >= 15 is 0 Å². The first-order chi connectivity index (χ1) is 8.90. The van der Waals surface area contributed by atoms with Crippen molar-refractivity contribution in [1.82, 2.24) is 0 Å². The number of thiocarbonyl (C=S) groups is 1. The van der Waals surface area contributed by atoms with Crippen LogP contribution in [0.3, 0.4) is 0 Å². The van der Waals surface area contributed by atoms with Gasteiger partial charge >= 0.3 is 8.80 Å². The number of ether oxygens (including phenoxy) is 1. The number of hydrogen-bond donors (Lipinski definition) is 0. The van der Waals surface area contributed by atoms with Crippen molar-refractivity contribution in [2.45, 2.75) is 53.7 Å².